The summed E-state index contributed by atoms with van der Waals surface area (Å²) < 4.78 is 9.20. The van der Waals surface area contributed by atoms with E-state index in [4.69, 9.17) is 20.4 Å². The van der Waals surface area contributed by atoms with Crippen LogP contribution in [0.4, 0.5) is 9.59 Å². The van der Waals surface area contributed by atoms with E-state index in [1.54, 1.807) is 24.3 Å². The highest BCUT2D eigenvalue weighted by molar-refractivity contribution is 5.95. The van der Waals surface area contributed by atoms with Gasteiger partial charge in [0, 0.05) is 10.8 Å². The molecule has 2 atom stereocenters. The van der Waals surface area contributed by atoms with E-state index in [9.17, 15) is 19.2 Å². The van der Waals surface area contributed by atoms with Crippen molar-refractivity contribution in [3.63, 3.8) is 0 Å². The Morgan fingerprint density at radius 3 is 1.21 bits per heavy atom. The van der Waals surface area contributed by atoms with Gasteiger partial charge in [-0.05, 0) is 37.8 Å². The van der Waals surface area contributed by atoms with Crippen molar-refractivity contribution in [3.05, 3.63) is 36.4 Å². The predicted molar refractivity (Wildman–Crippen MR) is 143 cm³/mol. The third-order valence-electron chi connectivity index (χ3n) is 5.73. The second kappa shape index (κ2) is 19.3. The average molecular weight is 537 g/mol. The van der Waals surface area contributed by atoms with Gasteiger partial charge in [-0.1, -0.05) is 77.6 Å². The first-order valence-electron chi connectivity index (χ1n) is 12.8. The van der Waals surface area contributed by atoms with E-state index >= 15 is 0 Å². The Hall–Kier alpha value is -3.82. The van der Waals surface area contributed by atoms with Gasteiger partial charge in [0.1, 0.15) is 11.5 Å². The molecule has 0 radical (unpaired) electrons. The van der Waals surface area contributed by atoms with Crippen LogP contribution in [0.1, 0.15) is 79.1 Å². The summed E-state index contributed by atoms with van der Waals surface area (Å²) in [6.07, 6.45) is 4.55. The van der Waals surface area contributed by atoms with Crippen LogP contribution in [-0.2, 0) is 9.59 Å². The summed E-state index contributed by atoms with van der Waals surface area (Å²) in [5, 5.41) is 35.3. The minimum absolute atomic E-state index is 0.111. The summed E-state index contributed by atoms with van der Waals surface area (Å²) in [4.78, 5) is 41.9. The summed E-state index contributed by atoms with van der Waals surface area (Å²) in [6.45, 7) is 8.01. The molecule has 0 saturated carbocycles. The van der Waals surface area contributed by atoms with Crippen LogP contribution in [0, 0.1) is 11.8 Å². The van der Waals surface area contributed by atoms with Crippen LogP contribution in [-0.4, -0.2) is 44.7 Å². The van der Waals surface area contributed by atoms with Crippen molar-refractivity contribution in [2.24, 2.45) is 11.8 Å². The highest BCUT2D eigenvalue weighted by atomic mass is 16.7. The summed E-state index contributed by atoms with van der Waals surface area (Å²) in [7, 11) is 0. The number of ether oxygens (including phenoxy) is 2. The van der Waals surface area contributed by atoms with Crippen LogP contribution in [0.2, 0.25) is 0 Å². The van der Waals surface area contributed by atoms with Gasteiger partial charge in [0.25, 0.3) is 0 Å². The van der Waals surface area contributed by atoms with E-state index in [1.807, 2.05) is 13.8 Å². The molecular formula is C28H40O10. The van der Waals surface area contributed by atoms with Crippen molar-refractivity contribution in [2.45, 2.75) is 79.1 Å². The van der Waals surface area contributed by atoms with Gasteiger partial charge < -0.3 is 29.9 Å². The summed E-state index contributed by atoms with van der Waals surface area (Å²) in [6, 6.07) is 9.28. The van der Waals surface area contributed by atoms with Crippen LogP contribution in [0.3, 0.4) is 0 Å². The van der Waals surface area contributed by atoms with Gasteiger partial charge in [-0.3, -0.25) is 9.59 Å². The SMILES string of the molecule is CCCCC(CC)C(=O)O.CCCCC(CC)C(=O)O.O=C(O)Oc1cccc2c(OC(=O)O)cccc12. The number of hydrogen-bond donors (Lipinski definition) is 4. The molecule has 2 rings (SSSR count). The van der Waals surface area contributed by atoms with Crippen LogP contribution in [0.5, 0.6) is 11.5 Å². The highest BCUT2D eigenvalue weighted by Crippen LogP contribution is 2.32. The molecular weight excluding hydrogens is 496 g/mol. The van der Waals surface area contributed by atoms with Gasteiger partial charge in [-0.25, -0.2) is 9.59 Å². The number of carboxylic acid groups (broad SMARTS) is 4. The van der Waals surface area contributed by atoms with Crippen molar-refractivity contribution >= 4 is 35.0 Å². The van der Waals surface area contributed by atoms with Crippen LogP contribution >= 0.6 is 0 Å². The molecule has 2 unspecified atom stereocenters. The first-order valence-corrected chi connectivity index (χ1v) is 12.8. The van der Waals surface area contributed by atoms with Crippen LogP contribution < -0.4 is 9.47 Å². The molecule has 10 nitrogen and oxygen atoms in total. The topological polar surface area (TPSA) is 168 Å². The Morgan fingerprint density at radius 2 is 0.974 bits per heavy atom. The molecule has 0 aliphatic heterocycles. The number of benzene rings is 2. The Balaban J connectivity index is 0.000000589. The molecule has 0 spiro atoms. The third-order valence-corrected chi connectivity index (χ3v) is 5.73. The molecule has 212 valence electrons. The van der Waals surface area contributed by atoms with Gasteiger partial charge in [0.15, 0.2) is 0 Å². The lowest BCUT2D eigenvalue weighted by atomic mass is 10.00. The summed E-state index contributed by atoms with van der Waals surface area (Å²) in [5.74, 6) is -1.27. The van der Waals surface area contributed by atoms with E-state index < -0.39 is 24.2 Å². The fraction of sp³-hybridized carbons (Fsp3) is 0.500. The number of aliphatic carboxylic acids is 2. The first kappa shape index (κ1) is 34.2. The van der Waals surface area contributed by atoms with Crippen molar-refractivity contribution in [3.8, 4) is 11.5 Å². The third kappa shape index (κ3) is 13.5. The number of carbonyl (C=O) groups is 4. The normalized spacial score (nSPS) is 11.6. The van der Waals surface area contributed by atoms with Gasteiger partial charge in [0.05, 0.1) is 11.8 Å². The average Bonchev–Trinajstić information content (AvgIpc) is 2.85. The quantitative estimate of drug-likeness (QED) is 0.157. The van der Waals surface area contributed by atoms with E-state index in [0.29, 0.717) is 10.8 Å². The Bertz CT molecular complexity index is 937. The van der Waals surface area contributed by atoms with Crippen molar-refractivity contribution < 1.29 is 49.1 Å². The predicted octanol–water partition coefficient (Wildman–Crippen LogP) is 7.53. The number of hydrogen-bond acceptors (Lipinski definition) is 6. The molecule has 0 aliphatic carbocycles. The smallest absolute Gasteiger partial charge is 0.481 e. The molecule has 38 heavy (non-hydrogen) atoms. The van der Waals surface area contributed by atoms with Crippen LogP contribution in [0.15, 0.2) is 36.4 Å². The maximum atomic E-state index is 10.5. The maximum Gasteiger partial charge on any atom is 0.511 e. The molecule has 0 aliphatic rings. The molecule has 4 N–H and O–H groups in total. The van der Waals surface area contributed by atoms with Gasteiger partial charge in [-0.2, -0.15) is 0 Å². The molecule has 0 heterocycles. The highest BCUT2D eigenvalue weighted by Gasteiger charge is 2.14. The maximum absolute atomic E-state index is 10.5. The second-order valence-corrected chi connectivity index (χ2v) is 8.51. The van der Waals surface area contributed by atoms with Gasteiger partial charge in [-0.15, -0.1) is 0 Å². The zero-order valence-corrected chi connectivity index (χ0v) is 22.5. The molecule has 0 fully saturated rings. The zero-order chi connectivity index (χ0) is 29.1. The molecule has 2 aromatic rings. The van der Waals surface area contributed by atoms with Gasteiger partial charge >= 0.3 is 24.2 Å². The van der Waals surface area contributed by atoms with E-state index in [2.05, 4.69) is 23.3 Å². The van der Waals surface area contributed by atoms with Crippen molar-refractivity contribution in [1.29, 1.82) is 0 Å². The fourth-order valence-electron chi connectivity index (χ4n) is 3.52. The molecule has 0 amide bonds. The Labute approximate surface area is 223 Å². The van der Waals surface area contributed by atoms with Crippen molar-refractivity contribution in [2.75, 3.05) is 0 Å². The lowest BCUT2D eigenvalue weighted by molar-refractivity contribution is -0.143. The van der Waals surface area contributed by atoms with E-state index in [0.717, 1.165) is 51.4 Å². The minimum atomic E-state index is -1.44. The molecule has 10 heteroatoms. The molecule has 0 aromatic heterocycles. The lowest BCUT2D eigenvalue weighted by Gasteiger charge is -2.08. The lowest BCUT2D eigenvalue weighted by Crippen LogP contribution is -2.11. The first-order chi connectivity index (χ1) is 18.0. The zero-order valence-electron chi connectivity index (χ0n) is 22.5. The van der Waals surface area contributed by atoms with E-state index in [-0.39, 0.29) is 23.3 Å². The Kier molecular flexibility index (Phi) is 17.4. The molecule has 2 aromatic carbocycles. The Morgan fingerprint density at radius 1 is 0.632 bits per heavy atom. The standard InChI is InChI=1S/C12H8O6.2C8H16O2/c13-11(14)17-9-5-1-3-7-8(9)4-2-6-10(7)18-12(15)16;2*1-3-5-6-7(4-2)8(9)10/h1-6H,(H,13,14)(H,15,16);2*7H,3-6H2,1-2H3,(H,9,10). The van der Waals surface area contributed by atoms with Crippen molar-refractivity contribution in [1.82, 2.24) is 0 Å². The number of carboxylic acids is 2. The van der Waals surface area contributed by atoms with Crippen LogP contribution in [0.25, 0.3) is 10.8 Å². The molecule has 0 bridgehead atoms. The number of rotatable bonds is 12. The fourth-order valence-corrected chi connectivity index (χ4v) is 3.52. The largest absolute Gasteiger partial charge is 0.511 e. The monoisotopic (exact) mass is 536 g/mol. The van der Waals surface area contributed by atoms with E-state index in [1.165, 1.54) is 12.1 Å². The minimum Gasteiger partial charge on any atom is -0.481 e. The molecule has 0 saturated heterocycles. The summed E-state index contributed by atoms with van der Waals surface area (Å²) >= 11 is 0. The van der Waals surface area contributed by atoms with Gasteiger partial charge in [0.2, 0.25) is 0 Å². The number of fused-ring (bicyclic) bond motifs is 1. The second-order valence-electron chi connectivity index (χ2n) is 8.51. The summed E-state index contributed by atoms with van der Waals surface area (Å²) in [5.41, 5.74) is 0. The number of unbranched alkanes of at least 4 members (excludes halogenated alkanes) is 2.